The number of carbonyl (C=O) groups is 2. The van der Waals surface area contributed by atoms with E-state index in [0.717, 1.165) is 12.0 Å². The lowest BCUT2D eigenvalue weighted by Gasteiger charge is -2.43. The number of methoxy groups -OCH3 is 1. The molecule has 0 unspecified atom stereocenters. The molecule has 0 bridgehead atoms. The van der Waals surface area contributed by atoms with Crippen molar-refractivity contribution in [2.45, 2.75) is 52.0 Å². The summed E-state index contributed by atoms with van der Waals surface area (Å²) in [6, 6.07) is 9.97. The SMILES string of the molecule is COC(=O)[C@]1(CNC(=O)C(C)(C)N)CC(C)=C(C)C[C@H]1c1ccccc1. The van der Waals surface area contributed by atoms with E-state index in [1.807, 2.05) is 37.3 Å². The standard InChI is InChI=1S/C21H30N2O3/c1-14-11-17(16-9-7-6-8-10-16)21(12-15(14)2,19(25)26-5)13-23-18(24)20(3,4)22/h6-10,17H,11-13,22H2,1-5H3,(H,23,24)/t17-,21-/m0/s1. The Kier molecular flexibility index (Phi) is 5.91. The summed E-state index contributed by atoms with van der Waals surface area (Å²) in [5.74, 6) is -0.647. The van der Waals surface area contributed by atoms with Gasteiger partial charge in [0.05, 0.1) is 18.1 Å². The number of benzene rings is 1. The van der Waals surface area contributed by atoms with Gasteiger partial charge in [-0.05, 0) is 46.1 Å². The second-order valence-electron chi connectivity index (χ2n) is 7.96. The van der Waals surface area contributed by atoms with Crippen molar-refractivity contribution in [3.05, 3.63) is 47.0 Å². The summed E-state index contributed by atoms with van der Waals surface area (Å²) in [6.45, 7) is 7.65. The zero-order chi connectivity index (χ0) is 19.5. The number of nitrogens with one attached hydrogen (secondary N) is 1. The number of carbonyl (C=O) groups excluding carboxylic acids is 2. The predicted octanol–water partition coefficient (Wildman–Crippen LogP) is 2.91. The number of hydrogen-bond donors (Lipinski definition) is 2. The Morgan fingerprint density at radius 3 is 2.38 bits per heavy atom. The van der Waals surface area contributed by atoms with E-state index in [-0.39, 0.29) is 24.3 Å². The maximum atomic E-state index is 13.0. The molecule has 1 aliphatic carbocycles. The van der Waals surface area contributed by atoms with Gasteiger partial charge in [-0.2, -0.15) is 0 Å². The molecule has 0 saturated heterocycles. The fraction of sp³-hybridized carbons (Fsp3) is 0.524. The van der Waals surface area contributed by atoms with Crippen molar-refractivity contribution in [1.29, 1.82) is 0 Å². The normalized spacial score (nSPS) is 23.5. The van der Waals surface area contributed by atoms with Crippen LogP contribution in [0.3, 0.4) is 0 Å². The monoisotopic (exact) mass is 358 g/mol. The minimum Gasteiger partial charge on any atom is -0.469 e. The van der Waals surface area contributed by atoms with Crippen LogP contribution in [0.5, 0.6) is 0 Å². The smallest absolute Gasteiger partial charge is 0.314 e. The van der Waals surface area contributed by atoms with Crippen LogP contribution in [0.15, 0.2) is 41.5 Å². The molecular formula is C21H30N2O3. The molecule has 1 aromatic rings. The molecule has 5 heteroatoms. The van der Waals surface area contributed by atoms with E-state index in [1.54, 1.807) is 13.8 Å². The van der Waals surface area contributed by atoms with E-state index in [2.05, 4.69) is 12.2 Å². The summed E-state index contributed by atoms with van der Waals surface area (Å²) in [7, 11) is 1.40. The minimum atomic E-state index is -1.00. The van der Waals surface area contributed by atoms with Crippen LogP contribution in [0.2, 0.25) is 0 Å². The van der Waals surface area contributed by atoms with Gasteiger partial charge in [-0.25, -0.2) is 0 Å². The van der Waals surface area contributed by atoms with Crippen LogP contribution < -0.4 is 11.1 Å². The van der Waals surface area contributed by atoms with Crippen molar-refractivity contribution in [1.82, 2.24) is 5.32 Å². The van der Waals surface area contributed by atoms with Gasteiger partial charge in [0.15, 0.2) is 0 Å². The lowest BCUT2D eigenvalue weighted by Crippen LogP contribution is -2.55. The average molecular weight is 358 g/mol. The highest BCUT2D eigenvalue weighted by Gasteiger charge is 2.50. The first-order valence-corrected chi connectivity index (χ1v) is 8.97. The number of ether oxygens (including phenoxy) is 1. The summed E-state index contributed by atoms with van der Waals surface area (Å²) in [5, 5.41) is 2.90. The molecule has 0 saturated carbocycles. The lowest BCUT2D eigenvalue weighted by molar-refractivity contribution is -0.155. The Balaban J connectivity index is 2.47. The van der Waals surface area contributed by atoms with Gasteiger partial charge in [0.1, 0.15) is 0 Å². The molecule has 2 rings (SSSR count). The van der Waals surface area contributed by atoms with Gasteiger partial charge in [0.2, 0.25) is 5.91 Å². The van der Waals surface area contributed by atoms with E-state index in [0.29, 0.717) is 6.42 Å². The van der Waals surface area contributed by atoms with Gasteiger partial charge >= 0.3 is 5.97 Å². The van der Waals surface area contributed by atoms with Gasteiger partial charge in [0.25, 0.3) is 0 Å². The maximum Gasteiger partial charge on any atom is 0.314 e. The second kappa shape index (κ2) is 7.62. The molecule has 0 fully saturated rings. The van der Waals surface area contributed by atoms with Crippen molar-refractivity contribution >= 4 is 11.9 Å². The predicted molar refractivity (Wildman–Crippen MR) is 103 cm³/mol. The number of nitrogens with two attached hydrogens (primary N) is 1. The first-order valence-electron chi connectivity index (χ1n) is 8.97. The fourth-order valence-electron chi connectivity index (χ4n) is 3.69. The fourth-order valence-corrected chi connectivity index (χ4v) is 3.69. The van der Waals surface area contributed by atoms with Crippen LogP contribution in [0.4, 0.5) is 0 Å². The Labute approximate surface area is 156 Å². The highest BCUT2D eigenvalue weighted by Crippen LogP contribution is 2.49. The van der Waals surface area contributed by atoms with Crippen LogP contribution in [0.25, 0.3) is 0 Å². The summed E-state index contributed by atoms with van der Waals surface area (Å²) < 4.78 is 5.20. The molecule has 0 spiro atoms. The van der Waals surface area contributed by atoms with E-state index in [9.17, 15) is 9.59 Å². The van der Waals surface area contributed by atoms with Crippen LogP contribution >= 0.6 is 0 Å². The topological polar surface area (TPSA) is 81.4 Å². The van der Waals surface area contributed by atoms with Gasteiger partial charge < -0.3 is 15.8 Å². The molecule has 0 heterocycles. The molecule has 3 N–H and O–H groups in total. The molecule has 0 aliphatic heterocycles. The van der Waals surface area contributed by atoms with Gasteiger partial charge in [-0.15, -0.1) is 0 Å². The number of amides is 1. The van der Waals surface area contributed by atoms with E-state index in [4.69, 9.17) is 10.5 Å². The molecule has 2 atom stereocenters. The number of hydrogen-bond acceptors (Lipinski definition) is 4. The third-order valence-corrected chi connectivity index (χ3v) is 5.43. The largest absolute Gasteiger partial charge is 0.469 e. The summed E-state index contributed by atoms with van der Waals surface area (Å²) in [6.07, 6.45) is 1.31. The highest BCUT2D eigenvalue weighted by atomic mass is 16.5. The molecule has 5 nitrogen and oxygen atoms in total. The van der Waals surface area contributed by atoms with E-state index < -0.39 is 11.0 Å². The summed E-state index contributed by atoms with van der Waals surface area (Å²) in [5.41, 5.74) is 7.58. The van der Waals surface area contributed by atoms with Crippen LogP contribution in [0, 0.1) is 5.41 Å². The lowest BCUT2D eigenvalue weighted by atomic mass is 9.62. The molecule has 0 aromatic heterocycles. The second-order valence-corrected chi connectivity index (χ2v) is 7.96. The van der Waals surface area contributed by atoms with Crippen molar-refractivity contribution < 1.29 is 14.3 Å². The molecule has 1 amide bonds. The molecule has 26 heavy (non-hydrogen) atoms. The molecule has 1 aromatic carbocycles. The van der Waals surface area contributed by atoms with Gasteiger partial charge in [0, 0.05) is 12.5 Å². The van der Waals surface area contributed by atoms with Crippen molar-refractivity contribution in [2.75, 3.05) is 13.7 Å². The average Bonchev–Trinajstić information content (AvgIpc) is 2.61. The zero-order valence-corrected chi connectivity index (χ0v) is 16.4. The quantitative estimate of drug-likeness (QED) is 0.626. The van der Waals surface area contributed by atoms with Crippen molar-refractivity contribution in [3.63, 3.8) is 0 Å². The number of allylic oxidation sites excluding steroid dienone is 2. The van der Waals surface area contributed by atoms with Crippen LogP contribution in [0.1, 0.15) is 52.0 Å². The zero-order valence-electron chi connectivity index (χ0n) is 16.4. The first kappa shape index (κ1) is 20.2. The van der Waals surface area contributed by atoms with Crippen LogP contribution in [-0.4, -0.2) is 31.1 Å². The number of esters is 1. The Morgan fingerprint density at radius 1 is 1.23 bits per heavy atom. The Bertz CT molecular complexity index is 704. The molecule has 1 aliphatic rings. The van der Waals surface area contributed by atoms with Crippen molar-refractivity contribution in [2.24, 2.45) is 11.1 Å². The number of rotatable bonds is 5. The van der Waals surface area contributed by atoms with E-state index >= 15 is 0 Å². The summed E-state index contributed by atoms with van der Waals surface area (Å²) in [4.78, 5) is 25.3. The van der Waals surface area contributed by atoms with Gasteiger partial charge in [-0.3, -0.25) is 9.59 Å². The minimum absolute atomic E-state index is 0.0685. The summed E-state index contributed by atoms with van der Waals surface area (Å²) >= 11 is 0. The molecule has 0 radical (unpaired) electrons. The van der Waals surface area contributed by atoms with Crippen molar-refractivity contribution in [3.8, 4) is 0 Å². The van der Waals surface area contributed by atoms with Crippen LogP contribution in [-0.2, 0) is 14.3 Å². The maximum absolute atomic E-state index is 13.0. The Hall–Kier alpha value is -2.14. The highest BCUT2D eigenvalue weighted by molar-refractivity contribution is 5.86. The van der Waals surface area contributed by atoms with E-state index in [1.165, 1.54) is 18.3 Å². The Morgan fingerprint density at radius 2 is 1.85 bits per heavy atom. The first-order chi connectivity index (χ1) is 12.1. The molecular weight excluding hydrogens is 328 g/mol. The molecule has 142 valence electrons. The third kappa shape index (κ3) is 3.98. The third-order valence-electron chi connectivity index (χ3n) is 5.43. The van der Waals surface area contributed by atoms with Gasteiger partial charge in [-0.1, -0.05) is 41.5 Å².